The van der Waals surface area contributed by atoms with E-state index in [9.17, 15) is 9.90 Å². The van der Waals surface area contributed by atoms with Crippen LogP contribution in [0, 0.1) is 0 Å². The Morgan fingerprint density at radius 2 is 1.27 bits per heavy atom. The van der Waals surface area contributed by atoms with Crippen LogP contribution in [-0.4, -0.2) is 17.2 Å². The first-order valence-corrected chi connectivity index (χ1v) is 8.50. The lowest BCUT2D eigenvalue weighted by atomic mass is 9.80. The second-order valence-electron chi connectivity index (χ2n) is 6.22. The molecule has 0 saturated heterocycles. The average Bonchev–Trinajstić information content (AvgIpc) is 2.71. The number of carbonyl (C=O) groups excluding carboxylic acids is 1. The van der Waals surface area contributed by atoms with Gasteiger partial charge >= 0.3 is 0 Å². The molecule has 0 fully saturated rings. The molecule has 0 aliphatic carbocycles. The van der Waals surface area contributed by atoms with Gasteiger partial charge in [0.05, 0.1) is 0 Å². The zero-order valence-electron chi connectivity index (χ0n) is 14.1. The van der Waals surface area contributed by atoms with Crippen molar-refractivity contribution < 1.29 is 14.6 Å². The molecule has 2 unspecified atom stereocenters. The van der Waals surface area contributed by atoms with Crippen LogP contribution in [0.3, 0.4) is 0 Å². The van der Waals surface area contributed by atoms with E-state index in [0.29, 0.717) is 11.1 Å². The van der Waals surface area contributed by atoms with Crippen LogP contribution in [0.25, 0.3) is 11.1 Å². The quantitative estimate of drug-likeness (QED) is 0.780. The Morgan fingerprint density at radius 3 is 1.92 bits per heavy atom. The van der Waals surface area contributed by atoms with Gasteiger partial charge < -0.3 is 9.84 Å². The van der Waals surface area contributed by atoms with E-state index in [1.807, 2.05) is 84.9 Å². The minimum absolute atomic E-state index is 0.207. The molecule has 0 radical (unpaired) electrons. The summed E-state index contributed by atoms with van der Waals surface area (Å²) in [4.78, 5) is 12.9. The fourth-order valence-corrected chi connectivity index (χ4v) is 3.35. The first kappa shape index (κ1) is 16.5. The molecule has 4 rings (SSSR count). The molecule has 1 aliphatic heterocycles. The minimum atomic E-state index is -1.34. The predicted octanol–water partition coefficient (Wildman–Crippen LogP) is 4.07. The highest BCUT2D eigenvalue weighted by Crippen LogP contribution is 2.39. The lowest BCUT2D eigenvalue weighted by Crippen LogP contribution is -2.44. The Balaban J connectivity index is 1.83. The van der Waals surface area contributed by atoms with Crippen molar-refractivity contribution in [1.29, 1.82) is 0 Å². The number of aliphatic hydroxyl groups excluding tert-OH is 1. The molecule has 1 aliphatic rings. The Kier molecular flexibility index (Phi) is 4.25. The molecule has 3 aromatic carbocycles. The number of rotatable bonds is 3. The van der Waals surface area contributed by atoms with Gasteiger partial charge in [-0.3, -0.25) is 4.79 Å². The third-order valence-corrected chi connectivity index (χ3v) is 4.64. The molecule has 1 heterocycles. The number of carbonyl (C=O) groups is 1. The number of ketones is 1. The monoisotopic (exact) mass is 342 g/mol. The number of ether oxygens (including phenoxy) is 1. The molecule has 0 spiro atoms. The lowest BCUT2D eigenvalue weighted by molar-refractivity contribution is -0.170. The van der Waals surface area contributed by atoms with Crippen LogP contribution in [0.15, 0.2) is 97.1 Å². The second-order valence-corrected chi connectivity index (χ2v) is 6.22. The zero-order valence-corrected chi connectivity index (χ0v) is 14.1. The van der Waals surface area contributed by atoms with Crippen LogP contribution < -0.4 is 0 Å². The molecule has 0 aromatic heterocycles. The molecule has 1 N–H and O–H groups in total. The van der Waals surface area contributed by atoms with Gasteiger partial charge in [-0.25, -0.2) is 0 Å². The van der Waals surface area contributed by atoms with Gasteiger partial charge in [-0.2, -0.15) is 0 Å². The predicted molar refractivity (Wildman–Crippen MR) is 100 cm³/mol. The summed E-state index contributed by atoms with van der Waals surface area (Å²) in [5, 5.41) is 10.1. The van der Waals surface area contributed by atoms with Crippen LogP contribution in [0.1, 0.15) is 11.1 Å². The molecular weight excluding hydrogens is 324 g/mol. The van der Waals surface area contributed by atoms with E-state index >= 15 is 0 Å². The number of benzene rings is 3. The van der Waals surface area contributed by atoms with Gasteiger partial charge in [0.1, 0.15) is 0 Å². The standard InChI is InChI=1S/C23H18O3/c24-21-15-16-22(25)26-23(21,19-9-5-2-6-10-19)20-13-11-18(12-14-20)17-7-3-1-4-8-17/h1-16,22,25H. The first-order valence-electron chi connectivity index (χ1n) is 8.50. The van der Waals surface area contributed by atoms with Crippen molar-refractivity contribution in [3.05, 3.63) is 108 Å². The van der Waals surface area contributed by atoms with Crippen molar-refractivity contribution in [2.45, 2.75) is 11.9 Å². The molecule has 0 bridgehead atoms. The van der Waals surface area contributed by atoms with Crippen molar-refractivity contribution in [3.63, 3.8) is 0 Å². The third-order valence-electron chi connectivity index (χ3n) is 4.64. The Labute approximate surface area is 152 Å². The highest BCUT2D eigenvalue weighted by atomic mass is 16.6. The smallest absolute Gasteiger partial charge is 0.196 e. The van der Waals surface area contributed by atoms with Gasteiger partial charge in [0, 0.05) is 0 Å². The van der Waals surface area contributed by atoms with Crippen molar-refractivity contribution >= 4 is 5.78 Å². The van der Waals surface area contributed by atoms with E-state index in [0.717, 1.165) is 11.1 Å². The summed E-state index contributed by atoms with van der Waals surface area (Å²) in [5.74, 6) is -0.207. The maximum Gasteiger partial charge on any atom is 0.196 e. The summed E-state index contributed by atoms with van der Waals surface area (Å²) in [6.07, 6.45) is 1.62. The molecule has 3 nitrogen and oxygen atoms in total. The number of hydrogen-bond donors (Lipinski definition) is 1. The van der Waals surface area contributed by atoms with E-state index < -0.39 is 11.9 Å². The van der Waals surface area contributed by atoms with Crippen LogP contribution in [0.2, 0.25) is 0 Å². The maximum atomic E-state index is 12.9. The van der Waals surface area contributed by atoms with E-state index in [2.05, 4.69) is 0 Å². The van der Waals surface area contributed by atoms with Gasteiger partial charge in [0.15, 0.2) is 17.7 Å². The summed E-state index contributed by atoms with van der Waals surface area (Å²) in [7, 11) is 0. The molecule has 3 aromatic rings. The van der Waals surface area contributed by atoms with E-state index in [4.69, 9.17) is 4.74 Å². The zero-order chi connectivity index (χ0) is 18.0. The van der Waals surface area contributed by atoms with E-state index in [-0.39, 0.29) is 5.78 Å². The first-order chi connectivity index (χ1) is 12.7. The summed E-state index contributed by atoms with van der Waals surface area (Å²) < 4.78 is 5.82. The van der Waals surface area contributed by atoms with E-state index in [1.54, 1.807) is 0 Å². The van der Waals surface area contributed by atoms with Crippen LogP contribution in [0.4, 0.5) is 0 Å². The van der Waals surface area contributed by atoms with Gasteiger partial charge in [0.25, 0.3) is 0 Å². The van der Waals surface area contributed by atoms with Crippen molar-refractivity contribution in [2.24, 2.45) is 0 Å². The van der Waals surface area contributed by atoms with Crippen LogP contribution >= 0.6 is 0 Å². The van der Waals surface area contributed by atoms with Gasteiger partial charge in [0.2, 0.25) is 0 Å². The summed E-state index contributed by atoms with van der Waals surface area (Å²) >= 11 is 0. The van der Waals surface area contributed by atoms with Gasteiger partial charge in [-0.05, 0) is 34.4 Å². The largest absolute Gasteiger partial charge is 0.365 e. The summed E-state index contributed by atoms with van der Waals surface area (Å²) in [6.45, 7) is 0. The van der Waals surface area contributed by atoms with Crippen molar-refractivity contribution in [1.82, 2.24) is 0 Å². The Bertz CT molecular complexity index is 930. The molecule has 26 heavy (non-hydrogen) atoms. The molecule has 128 valence electrons. The second kappa shape index (κ2) is 6.71. The highest BCUT2D eigenvalue weighted by molar-refractivity contribution is 6.01. The average molecular weight is 342 g/mol. The summed E-state index contributed by atoms with van der Waals surface area (Å²) in [5.41, 5.74) is 2.20. The SMILES string of the molecule is O=C1C=CC(O)OC1(c1ccccc1)c1ccc(-c2ccccc2)cc1. The Hall–Kier alpha value is -3.01. The topological polar surface area (TPSA) is 46.5 Å². The molecule has 2 atom stereocenters. The number of aliphatic hydroxyl groups is 1. The van der Waals surface area contributed by atoms with Gasteiger partial charge in [-0.15, -0.1) is 0 Å². The van der Waals surface area contributed by atoms with Crippen molar-refractivity contribution in [3.8, 4) is 11.1 Å². The summed E-state index contributed by atoms with van der Waals surface area (Å²) in [6, 6.07) is 27.0. The molecular formula is C23H18O3. The Morgan fingerprint density at radius 1 is 0.731 bits per heavy atom. The molecule has 0 saturated carbocycles. The third kappa shape index (κ3) is 2.77. The van der Waals surface area contributed by atoms with Crippen molar-refractivity contribution in [2.75, 3.05) is 0 Å². The highest BCUT2D eigenvalue weighted by Gasteiger charge is 2.45. The molecule has 0 amide bonds. The fraction of sp³-hybridized carbons (Fsp3) is 0.0870. The fourth-order valence-electron chi connectivity index (χ4n) is 3.35. The number of hydrogen-bond acceptors (Lipinski definition) is 3. The molecule has 3 heteroatoms. The lowest BCUT2D eigenvalue weighted by Gasteiger charge is -2.36. The minimum Gasteiger partial charge on any atom is -0.365 e. The maximum absolute atomic E-state index is 12.9. The van der Waals surface area contributed by atoms with Crippen LogP contribution in [0.5, 0.6) is 0 Å². The normalized spacial score (nSPS) is 22.3. The van der Waals surface area contributed by atoms with Gasteiger partial charge in [-0.1, -0.05) is 84.9 Å². The van der Waals surface area contributed by atoms with Crippen LogP contribution in [-0.2, 0) is 15.1 Å². The van der Waals surface area contributed by atoms with E-state index in [1.165, 1.54) is 12.2 Å².